The molecule has 0 spiro atoms. The molecule has 0 nitrogen and oxygen atoms in total. The Bertz CT molecular complexity index is 2810. The van der Waals surface area contributed by atoms with Gasteiger partial charge in [-0.3, -0.25) is 0 Å². The standard InChI is InChI=1S/C45H29BF15PS2/c1-15(2)18-13-19(16(3)4)43(20(14-18)17(5)6)62-44(21-9-7-11-63-21)23(24-28(47)34(53)40(59)35(54)29(24)48)25(45(62)22-10-8-12-64-22)46(26-30(49)36(55)41(60)37(56)31(26)50)27-32(51)38(57)42(61)39(58)33(27)52/h7-17H,1-6H3. The van der Waals surface area contributed by atoms with Crippen LogP contribution in [0.3, 0.4) is 0 Å². The molecular formula is C45H29BF15PS2. The van der Waals surface area contributed by atoms with E-state index in [0.717, 1.165) is 28.2 Å². The Hall–Kier alpha value is -4.93. The van der Waals surface area contributed by atoms with Crippen LogP contribution < -0.4 is 16.4 Å². The molecule has 4 aromatic carbocycles. The van der Waals surface area contributed by atoms with Gasteiger partial charge in [0.1, 0.15) is 0 Å². The predicted octanol–water partition coefficient (Wildman–Crippen LogP) is 14.8. The molecule has 334 valence electrons. The molecule has 19 heteroatoms. The summed E-state index contributed by atoms with van der Waals surface area (Å²) in [6, 6.07) is 8.90. The van der Waals surface area contributed by atoms with Gasteiger partial charge in [0.25, 0.3) is 6.71 Å². The molecule has 0 amide bonds. The maximum Gasteiger partial charge on any atom is 0.259 e. The molecule has 0 aliphatic carbocycles. The second kappa shape index (κ2) is 17.5. The molecule has 0 aliphatic rings. The lowest BCUT2D eigenvalue weighted by Crippen LogP contribution is -2.59. The van der Waals surface area contributed by atoms with E-state index in [1.807, 2.05) is 13.8 Å². The van der Waals surface area contributed by atoms with Crippen LogP contribution in [-0.4, -0.2) is 6.71 Å². The summed E-state index contributed by atoms with van der Waals surface area (Å²) in [7, 11) is -2.76. The molecule has 1 atom stereocenters. The molecule has 0 radical (unpaired) electrons. The third kappa shape index (κ3) is 7.27. The van der Waals surface area contributed by atoms with E-state index < -0.39 is 151 Å². The smallest absolute Gasteiger partial charge is 0.204 e. The second-order valence-electron chi connectivity index (χ2n) is 15.6. The van der Waals surface area contributed by atoms with Crippen molar-refractivity contribution in [2.75, 3.05) is 0 Å². The zero-order valence-electron chi connectivity index (χ0n) is 33.9. The van der Waals surface area contributed by atoms with Gasteiger partial charge in [-0.15, -0.1) is 22.7 Å². The van der Waals surface area contributed by atoms with Crippen LogP contribution in [0.4, 0.5) is 65.9 Å². The van der Waals surface area contributed by atoms with Crippen LogP contribution in [-0.2, 0) is 0 Å². The van der Waals surface area contributed by atoms with Gasteiger partial charge in [0, 0.05) is 36.6 Å². The molecule has 0 fully saturated rings. The monoisotopic (exact) mass is 960 g/mol. The molecule has 0 N–H and O–H groups in total. The molecular weight excluding hydrogens is 931 g/mol. The van der Waals surface area contributed by atoms with E-state index in [0.29, 0.717) is 16.4 Å². The number of hydrogen-bond acceptors (Lipinski definition) is 2. The summed E-state index contributed by atoms with van der Waals surface area (Å²) in [6.07, 6.45) is 0. The highest BCUT2D eigenvalue weighted by atomic mass is 32.1. The molecule has 0 saturated carbocycles. The molecule has 7 rings (SSSR count). The van der Waals surface area contributed by atoms with Gasteiger partial charge in [0.05, 0.1) is 5.56 Å². The molecule has 64 heavy (non-hydrogen) atoms. The fourth-order valence-corrected chi connectivity index (χ4v) is 13.4. The summed E-state index contributed by atoms with van der Waals surface area (Å²) < 4.78 is 237. The largest absolute Gasteiger partial charge is 0.259 e. The Morgan fingerprint density at radius 3 is 1.08 bits per heavy atom. The Labute approximate surface area is 365 Å². The minimum atomic E-state index is -3.47. The van der Waals surface area contributed by atoms with Gasteiger partial charge in [-0.25, -0.2) is 65.9 Å². The lowest BCUT2D eigenvalue weighted by molar-refractivity contribution is 0.381. The van der Waals surface area contributed by atoms with Crippen molar-refractivity contribution in [3.8, 4) is 36.8 Å². The van der Waals surface area contributed by atoms with Crippen LogP contribution in [0.1, 0.15) is 76.0 Å². The first-order chi connectivity index (χ1) is 30.1. The third-order valence-electron chi connectivity index (χ3n) is 10.9. The van der Waals surface area contributed by atoms with Gasteiger partial charge in [0.2, 0.25) is 5.82 Å². The van der Waals surface area contributed by atoms with Crippen LogP contribution in [0.5, 0.6) is 0 Å². The van der Waals surface area contributed by atoms with E-state index in [1.54, 1.807) is 39.8 Å². The predicted molar refractivity (Wildman–Crippen MR) is 222 cm³/mol. The maximum absolute atomic E-state index is 16.7. The number of hydrogen-bond donors (Lipinski definition) is 0. The minimum absolute atomic E-state index is 0.0555. The van der Waals surface area contributed by atoms with Crippen molar-refractivity contribution in [2.45, 2.75) is 59.3 Å². The van der Waals surface area contributed by atoms with Crippen molar-refractivity contribution < 1.29 is 65.9 Å². The quantitative estimate of drug-likeness (QED) is 0.0555. The first-order valence-electron chi connectivity index (χ1n) is 19.1. The van der Waals surface area contributed by atoms with E-state index in [4.69, 9.17) is 0 Å². The van der Waals surface area contributed by atoms with Gasteiger partial charge in [-0.2, -0.15) is 0 Å². The van der Waals surface area contributed by atoms with Crippen LogP contribution in [0.25, 0.3) is 36.8 Å². The van der Waals surface area contributed by atoms with Crippen molar-refractivity contribution >= 4 is 53.3 Å². The fourth-order valence-electron chi connectivity index (χ4n) is 7.83. The van der Waals surface area contributed by atoms with Crippen molar-refractivity contribution in [2.24, 2.45) is 0 Å². The van der Waals surface area contributed by atoms with Crippen LogP contribution in [0.15, 0.2) is 47.2 Å². The van der Waals surface area contributed by atoms with E-state index in [-0.39, 0.29) is 15.7 Å². The number of benzene rings is 4. The molecule has 3 heterocycles. The van der Waals surface area contributed by atoms with E-state index in [9.17, 15) is 13.2 Å². The highest BCUT2D eigenvalue weighted by molar-refractivity contribution is 7.65. The number of thiophene rings is 2. The van der Waals surface area contributed by atoms with Crippen LogP contribution in [0, 0.1) is 87.3 Å². The third-order valence-corrected chi connectivity index (χ3v) is 15.7. The average Bonchev–Trinajstić information content (AvgIpc) is 4.06. The van der Waals surface area contributed by atoms with Crippen molar-refractivity contribution in [3.63, 3.8) is 0 Å². The molecule has 3 aromatic heterocycles. The molecule has 0 aliphatic heterocycles. The molecule has 1 unspecified atom stereocenters. The topological polar surface area (TPSA) is 0 Å². The first-order valence-corrected chi connectivity index (χ1v) is 22.2. The van der Waals surface area contributed by atoms with Crippen LogP contribution in [0.2, 0.25) is 0 Å². The Balaban J connectivity index is 1.96. The normalized spacial score (nSPS) is 12.2. The summed E-state index contributed by atoms with van der Waals surface area (Å²) in [6.45, 7) is 7.27. The van der Waals surface area contributed by atoms with Crippen molar-refractivity contribution in [3.05, 3.63) is 151 Å². The maximum atomic E-state index is 16.7. The van der Waals surface area contributed by atoms with Crippen LogP contribution >= 0.6 is 30.2 Å². The lowest BCUT2D eigenvalue weighted by Gasteiger charge is -2.25. The summed E-state index contributed by atoms with van der Waals surface area (Å²) in [4.78, 5) is -0.163. The summed E-state index contributed by atoms with van der Waals surface area (Å²) in [5, 5.41) is 2.24. The van der Waals surface area contributed by atoms with Gasteiger partial charge in [0.15, 0.2) is 81.4 Å². The summed E-state index contributed by atoms with van der Waals surface area (Å²) in [5.41, 5.74) is -7.20. The van der Waals surface area contributed by atoms with Gasteiger partial charge >= 0.3 is 0 Å². The SMILES string of the molecule is CC(C)c1cc(C(C)C)c(-p2c(-c3cccs3)c(B(c3c(F)c(F)c(F)c(F)c3F)c3c(F)c(F)c(F)c(F)c3F)c(-c3c(F)c(F)c(F)c(F)c3F)c2-c2cccs2)c(C(C)C)c1. The molecule has 0 bridgehead atoms. The van der Waals surface area contributed by atoms with Gasteiger partial charge in [-0.05, 0) is 68.4 Å². The Kier molecular flexibility index (Phi) is 12.8. The molecule has 0 saturated heterocycles. The van der Waals surface area contributed by atoms with Gasteiger partial charge < -0.3 is 0 Å². The van der Waals surface area contributed by atoms with E-state index >= 15 is 52.7 Å². The first kappa shape index (κ1) is 47.0. The fraction of sp³-hybridized carbons (Fsp3) is 0.200. The lowest BCUT2D eigenvalue weighted by atomic mass is 9.35. The van der Waals surface area contributed by atoms with E-state index in [1.165, 1.54) is 35.0 Å². The second-order valence-corrected chi connectivity index (χ2v) is 19.5. The van der Waals surface area contributed by atoms with Crippen molar-refractivity contribution in [1.29, 1.82) is 0 Å². The number of rotatable bonds is 10. The van der Waals surface area contributed by atoms with E-state index in [2.05, 4.69) is 0 Å². The Morgan fingerprint density at radius 1 is 0.406 bits per heavy atom. The number of halogens is 15. The Morgan fingerprint density at radius 2 is 0.750 bits per heavy atom. The highest BCUT2D eigenvalue weighted by Gasteiger charge is 2.47. The van der Waals surface area contributed by atoms with Crippen molar-refractivity contribution in [1.82, 2.24) is 0 Å². The zero-order chi connectivity index (χ0) is 47.1. The highest BCUT2D eigenvalue weighted by Crippen LogP contribution is 2.65. The van der Waals surface area contributed by atoms with Gasteiger partial charge in [-0.1, -0.05) is 73.3 Å². The average molecular weight is 961 g/mol. The zero-order valence-corrected chi connectivity index (χ0v) is 36.4. The molecule has 7 aromatic rings. The summed E-state index contributed by atoms with van der Waals surface area (Å²) >= 11 is 1.56. The summed E-state index contributed by atoms with van der Waals surface area (Å²) in [5.74, 6) is -42.4. The minimum Gasteiger partial charge on any atom is -0.204 e.